The lowest BCUT2D eigenvalue weighted by Crippen LogP contribution is -2.11. The molecule has 3 aromatic carbocycles. The Kier molecular flexibility index (Phi) is 8.57. The van der Waals surface area contributed by atoms with Crippen LogP contribution in [0.3, 0.4) is 0 Å². The highest BCUT2D eigenvalue weighted by Crippen LogP contribution is 2.36. The standard InChI is InChI=1S/C31H34F2O2/c1-3-5-20-34-29-19-18-28(30(32)31(29)33)26-14-16-27(17-15-26)35-21-23-8-12-25(13-9-23)24-10-6-22(4-2)7-11-24/h4,8-9,12-19,22,24H,2-3,5-7,10-11,20-21H2,1H3. The van der Waals surface area contributed by atoms with E-state index in [1.54, 1.807) is 30.3 Å². The molecule has 1 aliphatic carbocycles. The number of halogens is 2. The molecule has 0 amide bonds. The van der Waals surface area contributed by atoms with Gasteiger partial charge in [-0.25, -0.2) is 4.39 Å². The lowest BCUT2D eigenvalue weighted by Gasteiger charge is -2.27. The Bertz CT molecular complexity index is 1100. The van der Waals surface area contributed by atoms with Crippen LogP contribution in [-0.4, -0.2) is 6.61 Å². The number of hydrogen-bond donors (Lipinski definition) is 0. The summed E-state index contributed by atoms with van der Waals surface area (Å²) in [5.41, 5.74) is 3.29. The molecule has 0 saturated heterocycles. The van der Waals surface area contributed by atoms with Crippen LogP contribution in [0.25, 0.3) is 11.1 Å². The van der Waals surface area contributed by atoms with E-state index in [-0.39, 0.29) is 11.3 Å². The normalized spacial score (nSPS) is 17.7. The molecule has 0 radical (unpaired) electrons. The number of unbranched alkanes of at least 4 members (excludes halogenated alkanes) is 1. The van der Waals surface area contributed by atoms with E-state index in [2.05, 4.69) is 36.9 Å². The summed E-state index contributed by atoms with van der Waals surface area (Å²) in [4.78, 5) is 0. The van der Waals surface area contributed by atoms with Crippen molar-refractivity contribution in [2.75, 3.05) is 6.61 Å². The van der Waals surface area contributed by atoms with Gasteiger partial charge in [0.15, 0.2) is 11.6 Å². The third kappa shape index (κ3) is 6.30. The number of hydrogen-bond acceptors (Lipinski definition) is 2. The third-order valence-electron chi connectivity index (χ3n) is 6.93. The van der Waals surface area contributed by atoms with Gasteiger partial charge >= 0.3 is 0 Å². The fourth-order valence-corrected chi connectivity index (χ4v) is 4.66. The fourth-order valence-electron chi connectivity index (χ4n) is 4.66. The average Bonchev–Trinajstić information content (AvgIpc) is 2.91. The van der Waals surface area contributed by atoms with Crippen molar-refractivity contribution in [1.29, 1.82) is 0 Å². The van der Waals surface area contributed by atoms with Crippen molar-refractivity contribution in [1.82, 2.24) is 0 Å². The van der Waals surface area contributed by atoms with Crippen LogP contribution in [0, 0.1) is 17.6 Å². The summed E-state index contributed by atoms with van der Waals surface area (Å²) in [7, 11) is 0. The molecule has 1 aliphatic rings. The highest BCUT2D eigenvalue weighted by molar-refractivity contribution is 5.66. The summed E-state index contributed by atoms with van der Waals surface area (Å²) in [6.45, 7) is 6.77. The van der Waals surface area contributed by atoms with E-state index >= 15 is 0 Å². The Balaban J connectivity index is 1.33. The molecule has 0 N–H and O–H groups in total. The molecule has 0 spiro atoms. The summed E-state index contributed by atoms with van der Waals surface area (Å²) in [5, 5.41) is 0. The van der Waals surface area contributed by atoms with Gasteiger partial charge in [0.1, 0.15) is 12.4 Å². The number of rotatable bonds is 10. The number of benzene rings is 3. The Morgan fingerprint density at radius 3 is 2.23 bits per heavy atom. The summed E-state index contributed by atoms with van der Waals surface area (Å²) in [6, 6.07) is 18.8. The second kappa shape index (κ2) is 12.0. The SMILES string of the molecule is C=CC1CCC(c2ccc(COc3ccc(-c4ccc(OCCCC)c(F)c4F)cc3)cc2)CC1. The van der Waals surface area contributed by atoms with Crippen LogP contribution in [0.1, 0.15) is 62.5 Å². The molecule has 1 fully saturated rings. The molecule has 184 valence electrons. The highest BCUT2D eigenvalue weighted by Gasteiger charge is 2.20. The van der Waals surface area contributed by atoms with Gasteiger partial charge < -0.3 is 9.47 Å². The van der Waals surface area contributed by atoms with Crippen molar-refractivity contribution in [2.24, 2.45) is 5.92 Å². The van der Waals surface area contributed by atoms with Gasteiger partial charge in [-0.15, -0.1) is 6.58 Å². The monoisotopic (exact) mass is 476 g/mol. The molecule has 1 saturated carbocycles. The quantitative estimate of drug-likeness (QED) is 0.215. The zero-order chi connectivity index (χ0) is 24.6. The summed E-state index contributed by atoms with van der Waals surface area (Å²) in [6.07, 6.45) is 8.71. The van der Waals surface area contributed by atoms with Crippen LogP contribution in [0.15, 0.2) is 73.3 Å². The predicted octanol–water partition coefficient (Wildman–Crippen LogP) is 8.85. The molecule has 0 unspecified atom stereocenters. The third-order valence-corrected chi connectivity index (χ3v) is 6.93. The smallest absolute Gasteiger partial charge is 0.201 e. The first-order valence-corrected chi connectivity index (χ1v) is 12.6. The van der Waals surface area contributed by atoms with Crippen LogP contribution >= 0.6 is 0 Å². The van der Waals surface area contributed by atoms with Crippen LogP contribution in [-0.2, 0) is 6.61 Å². The minimum Gasteiger partial charge on any atom is -0.490 e. The van der Waals surface area contributed by atoms with Gasteiger partial charge in [0, 0.05) is 5.56 Å². The minimum absolute atomic E-state index is 0.0462. The van der Waals surface area contributed by atoms with E-state index in [1.807, 2.05) is 6.92 Å². The number of ether oxygens (including phenoxy) is 2. The van der Waals surface area contributed by atoms with Gasteiger partial charge in [-0.3, -0.25) is 0 Å². The maximum Gasteiger partial charge on any atom is 0.201 e. The van der Waals surface area contributed by atoms with Gasteiger partial charge in [-0.1, -0.05) is 55.8 Å². The van der Waals surface area contributed by atoms with E-state index in [4.69, 9.17) is 9.47 Å². The fraction of sp³-hybridized carbons (Fsp3) is 0.355. The molecule has 3 aromatic rings. The van der Waals surface area contributed by atoms with Gasteiger partial charge in [0.25, 0.3) is 0 Å². The molecule has 2 nitrogen and oxygen atoms in total. The zero-order valence-corrected chi connectivity index (χ0v) is 20.4. The Morgan fingerprint density at radius 2 is 1.57 bits per heavy atom. The minimum atomic E-state index is -0.948. The van der Waals surface area contributed by atoms with E-state index in [0.29, 0.717) is 36.4 Å². The first kappa shape index (κ1) is 25.0. The largest absolute Gasteiger partial charge is 0.490 e. The molecule has 4 heteroatoms. The van der Waals surface area contributed by atoms with E-state index in [1.165, 1.54) is 37.3 Å². The Morgan fingerprint density at radius 1 is 0.857 bits per heavy atom. The topological polar surface area (TPSA) is 18.5 Å². The molecule has 0 bridgehead atoms. The lowest BCUT2D eigenvalue weighted by atomic mass is 9.79. The van der Waals surface area contributed by atoms with Crippen LogP contribution in [0.4, 0.5) is 8.78 Å². The van der Waals surface area contributed by atoms with Crippen molar-refractivity contribution < 1.29 is 18.3 Å². The Hall–Kier alpha value is -3.14. The predicted molar refractivity (Wildman–Crippen MR) is 138 cm³/mol. The van der Waals surface area contributed by atoms with E-state index < -0.39 is 11.6 Å². The van der Waals surface area contributed by atoms with E-state index in [9.17, 15) is 8.78 Å². The zero-order valence-electron chi connectivity index (χ0n) is 20.4. The maximum absolute atomic E-state index is 14.6. The lowest BCUT2D eigenvalue weighted by molar-refractivity contribution is 0.289. The van der Waals surface area contributed by atoms with Crippen molar-refractivity contribution >= 4 is 0 Å². The molecule has 35 heavy (non-hydrogen) atoms. The van der Waals surface area contributed by atoms with Crippen molar-refractivity contribution in [3.63, 3.8) is 0 Å². The molecular formula is C31H34F2O2. The van der Waals surface area contributed by atoms with Crippen LogP contribution < -0.4 is 9.47 Å². The van der Waals surface area contributed by atoms with Gasteiger partial charge in [-0.05, 0) is 84.9 Å². The average molecular weight is 477 g/mol. The highest BCUT2D eigenvalue weighted by atomic mass is 19.2. The molecular weight excluding hydrogens is 442 g/mol. The molecule has 0 aliphatic heterocycles. The summed E-state index contributed by atoms with van der Waals surface area (Å²) in [5.74, 6) is 0.0959. The maximum atomic E-state index is 14.6. The van der Waals surface area contributed by atoms with E-state index in [0.717, 1.165) is 18.4 Å². The van der Waals surface area contributed by atoms with Gasteiger partial charge in [0.05, 0.1) is 6.61 Å². The Labute approximate surface area is 207 Å². The first-order valence-electron chi connectivity index (χ1n) is 12.6. The molecule has 4 rings (SSSR count). The van der Waals surface area contributed by atoms with Crippen molar-refractivity contribution in [2.45, 2.75) is 58.0 Å². The molecule has 0 atom stereocenters. The van der Waals surface area contributed by atoms with Crippen molar-refractivity contribution in [3.05, 3.63) is 96.1 Å². The first-order chi connectivity index (χ1) is 17.1. The van der Waals surface area contributed by atoms with Crippen LogP contribution in [0.2, 0.25) is 0 Å². The van der Waals surface area contributed by atoms with Crippen LogP contribution in [0.5, 0.6) is 11.5 Å². The second-order valence-electron chi connectivity index (χ2n) is 9.34. The number of allylic oxidation sites excluding steroid dienone is 1. The van der Waals surface area contributed by atoms with Gasteiger partial charge in [0.2, 0.25) is 5.82 Å². The van der Waals surface area contributed by atoms with Crippen molar-refractivity contribution in [3.8, 4) is 22.6 Å². The molecule has 0 aromatic heterocycles. The second-order valence-corrected chi connectivity index (χ2v) is 9.34. The van der Waals surface area contributed by atoms with Gasteiger partial charge in [-0.2, -0.15) is 4.39 Å². The molecule has 0 heterocycles. The summed E-state index contributed by atoms with van der Waals surface area (Å²) >= 11 is 0. The summed E-state index contributed by atoms with van der Waals surface area (Å²) < 4.78 is 40.3.